The molecule has 2 aromatic rings. The molecule has 1 aromatic carbocycles. The van der Waals surface area contributed by atoms with Gasteiger partial charge in [0, 0.05) is 48.7 Å². The number of nitrogens with one attached hydrogen (secondary N) is 1. The lowest BCUT2D eigenvalue weighted by atomic mass is 9.71. The number of piperidine rings is 1. The van der Waals surface area contributed by atoms with Gasteiger partial charge in [-0.1, -0.05) is 12.1 Å². The largest absolute Gasteiger partial charge is 0.361 e. The van der Waals surface area contributed by atoms with Crippen molar-refractivity contribution in [1.29, 1.82) is 5.26 Å². The van der Waals surface area contributed by atoms with Crippen molar-refractivity contribution in [3.8, 4) is 6.07 Å². The van der Waals surface area contributed by atoms with Crippen LogP contribution in [0.15, 0.2) is 24.4 Å². The zero-order valence-corrected chi connectivity index (χ0v) is 16.5. The van der Waals surface area contributed by atoms with Gasteiger partial charge in [-0.05, 0) is 62.3 Å². The Hall–Kier alpha value is -2.32. The van der Waals surface area contributed by atoms with Crippen LogP contribution in [0.4, 0.5) is 0 Å². The molecule has 0 saturated carbocycles. The minimum atomic E-state index is -0.491. The maximum Gasteiger partial charge on any atom is 0.239 e. The second-order valence-electron chi connectivity index (χ2n) is 8.95. The summed E-state index contributed by atoms with van der Waals surface area (Å²) in [5.41, 5.74) is 4.10. The van der Waals surface area contributed by atoms with Gasteiger partial charge >= 0.3 is 0 Å². The van der Waals surface area contributed by atoms with E-state index in [9.17, 15) is 10.1 Å². The van der Waals surface area contributed by atoms with Gasteiger partial charge in [-0.3, -0.25) is 4.79 Å². The van der Waals surface area contributed by atoms with Crippen molar-refractivity contribution in [2.24, 2.45) is 11.8 Å². The van der Waals surface area contributed by atoms with Crippen LogP contribution in [-0.2, 0) is 11.2 Å². The van der Waals surface area contributed by atoms with Crippen LogP contribution in [0.2, 0.25) is 0 Å². The minimum absolute atomic E-state index is 0.0587. The van der Waals surface area contributed by atoms with Crippen LogP contribution in [0, 0.1) is 23.2 Å². The maximum absolute atomic E-state index is 12.8. The van der Waals surface area contributed by atoms with Crippen molar-refractivity contribution in [2.45, 2.75) is 44.1 Å². The smallest absolute Gasteiger partial charge is 0.239 e. The lowest BCUT2D eigenvalue weighted by Gasteiger charge is -2.46. The van der Waals surface area contributed by atoms with E-state index in [2.05, 4.69) is 47.4 Å². The van der Waals surface area contributed by atoms with Crippen LogP contribution in [0.25, 0.3) is 10.9 Å². The predicted molar refractivity (Wildman–Crippen MR) is 109 cm³/mol. The van der Waals surface area contributed by atoms with E-state index in [0.29, 0.717) is 24.3 Å². The van der Waals surface area contributed by atoms with Crippen LogP contribution in [0.1, 0.15) is 42.7 Å². The Balaban J connectivity index is 1.38. The van der Waals surface area contributed by atoms with Gasteiger partial charge in [-0.25, -0.2) is 0 Å². The summed E-state index contributed by atoms with van der Waals surface area (Å²) in [5.74, 6) is 0.439. The van der Waals surface area contributed by atoms with E-state index in [1.54, 1.807) is 0 Å². The van der Waals surface area contributed by atoms with Crippen LogP contribution in [0.3, 0.4) is 0 Å². The minimum Gasteiger partial charge on any atom is -0.361 e. The molecule has 28 heavy (non-hydrogen) atoms. The molecule has 4 atom stereocenters. The van der Waals surface area contributed by atoms with Gasteiger partial charge in [0.2, 0.25) is 5.91 Å². The van der Waals surface area contributed by atoms with E-state index in [1.165, 1.54) is 22.0 Å². The summed E-state index contributed by atoms with van der Waals surface area (Å²) in [4.78, 5) is 20.6. The number of fused-ring (bicyclic) bond motifs is 2. The second kappa shape index (κ2) is 6.93. The zero-order valence-electron chi connectivity index (χ0n) is 16.5. The van der Waals surface area contributed by atoms with Crippen molar-refractivity contribution >= 4 is 16.8 Å². The first kappa shape index (κ1) is 17.8. The highest BCUT2D eigenvalue weighted by atomic mass is 16.2. The Morgan fingerprint density at radius 2 is 2.18 bits per heavy atom. The fourth-order valence-electron chi connectivity index (χ4n) is 5.92. The van der Waals surface area contributed by atoms with Gasteiger partial charge in [0.1, 0.15) is 5.92 Å². The summed E-state index contributed by atoms with van der Waals surface area (Å²) < 4.78 is 0. The summed E-state index contributed by atoms with van der Waals surface area (Å²) in [7, 11) is 2.21. The number of aromatic nitrogens is 1. The third kappa shape index (κ3) is 2.82. The Kier molecular flexibility index (Phi) is 4.40. The van der Waals surface area contributed by atoms with Crippen molar-refractivity contribution in [3.05, 3.63) is 35.5 Å². The number of H-pyrrole nitrogens is 1. The number of likely N-dealkylation sites (tertiary alicyclic amines) is 2. The number of hydrogen-bond acceptors (Lipinski definition) is 3. The van der Waals surface area contributed by atoms with Gasteiger partial charge < -0.3 is 14.8 Å². The first-order chi connectivity index (χ1) is 13.7. The average Bonchev–Trinajstić information content (AvgIpc) is 3.38. The fourth-order valence-corrected chi connectivity index (χ4v) is 5.92. The summed E-state index contributed by atoms with van der Waals surface area (Å²) in [6.07, 6.45) is 7.16. The molecule has 0 radical (unpaired) electrons. The highest BCUT2D eigenvalue weighted by Crippen LogP contribution is 2.45. The number of amides is 1. The molecule has 3 heterocycles. The molecule has 1 amide bonds. The lowest BCUT2D eigenvalue weighted by molar-refractivity contribution is -0.133. The zero-order chi connectivity index (χ0) is 19.3. The molecule has 5 rings (SSSR count). The van der Waals surface area contributed by atoms with E-state index < -0.39 is 5.92 Å². The first-order valence-electron chi connectivity index (χ1n) is 10.6. The van der Waals surface area contributed by atoms with Gasteiger partial charge in [0.15, 0.2) is 0 Å². The standard InChI is InChI=1S/C23H28N4O/c1-26-14-15(9-16(12-24)23(28)27-7-2-3-8-27)10-19-18-5-4-6-20-22(18)17(13-25-20)11-21(19)26/h4-6,13,15-16,19,21,25H,2-3,7-11,14H2,1H3/t15-,16?,19?,21-/m1/s1. The lowest BCUT2D eigenvalue weighted by Crippen LogP contribution is -2.48. The van der Waals surface area contributed by atoms with Crippen LogP contribution in [-0.4, -0.2) is 53.4 Å². The number of benzene rings is 1. The van der Waals surface area contributed by atoms with Crippen molar-refractivity contribution in [3.63, 3.8) is 0 Å². The third-order valence-corrected chi connectivity index (χ3v) is 7.25. The second-order valence-corrected chi connectivity index (χ2v) is 8.95. The molecular formula is C23H28N4O. The molecule has 0 spiro atoms. The van der Waals surface area contributed by atoms with Gasteiger partial charge in [-0.2, -0.15) is 5.26 Å². The molecule has 2 fully saturated rings. The first-order valence-corrected chi connectivity index (χ1v) is 10.6. The van der Waals surface area contributed by atoms with E-state index in [0.717, 1.165) is 45.3 Å². The SMILES string of the molecule is CN1C[C@H](CC(C#N)C(=O)N2CCCC2)CC2c3cccc4[nH]cc(c34)C[C@H]21. The Morgan fingerprint density at radius 1 is 1.36 bits per heavy atom. The van der Waals surface area contributed by atoms with Crippen molar-refractivity contribution < 1.29 is 4.79 Å². The van der Waals surface area contributed by atoms with E-state index in [1.807, 2.05) is 4.90 Å². The summed E-state index contributed by atoms with van der Waals surface area (Å²) >= 11 is 0. The summed E-state index contributed by atoms with van der Waals surface area (Å²) in [6, 6.07) is 9.44. The molecule has 5 heteroatoms. The number of hydrogen-bond donors (Lipinski definition) is 1. The number of rotatable bonds is 3. The number of aromatic amines is 1. The molecule has 2 unspecified atom stereocenters. The van der Waals surface area contributed by atoms with Crippen molar-refractivity contribution in [1.82, 2.24) is 14.8 Å². The van der Waals surface area contributed by atoms with Gasteiger partial charge in [0.25, 0.3) is 0 Å². The Bertz CT molecular complexity index is 936. The molecule has 2 saturated heterocycles. The number of likely N-dealkylation sites (N-methyl/N-ethyl adjacent to an activating group) is 1. The average molecular weight is 377 g/mol. The molecule has 5 nitrogen and oxygen atoms in total. The predicted octanol–water partition coefficient (Wildman–Crippen LogP) is 3.28. The molecule has 146 valence electrons. The fraction of sp³-hybridized carbons (Fsp3) is 0.565. The number of nitrogens with zero attached hydrogens (tertiary/aromatic N) is 3. The third-order valence-electron chi connectivity index (χ3n) is 7.25. The van der Waals surface area contributed by atoms with Gasteiger partial charge in [0.05, 0.1) is 6.07 Å². The van der Waals surface area contributed by atoms with Crippen LogP contribution in [0.5, 0.6) is 0 Å². The maximum atomic E-state index is 12.8. The molecule has 0 bridgehead atoms. The Morgan fingerprint density at radius 3 is 2.96 bits per heavy atom. The van der Waals surface area contributed by atoms with Crippen LogP contribution < -0.4 is 0 Å². The molecule has 3 aliphatic rings. The molecule has 1 N–H and O–H groups in total. The van der Waals surface area contributed by atoms with E-state index in [4.69, 9.17) is 0 Å². The topological polar surface area (TPSA) is 63.1 Å². The highest BCUT2D eigenvalue weighted by molar-refractivity contribution is 5.88. The van der Waals surface area contributed by atoms with Crippen LogP contribution >= 0.6 is 0 Å². The molecule has 2 aliphatic heterocycles. The van der Waals surface area contributed by atoms with E-state index >= 15 is 0 Å². The summed E-state index contributed by atoms with van der Waals surface area (Å²) in [5, 5.41) is 11.1. The van der Waals surface area contributed by atoms with Crippen molar-refractivity contribution in [2.75, 3.05) is 26.7 Å². The van der Waals surface area contributed by atoms with Gasteiger partial charge in [-0.15, -0.1) is 0 Å². The quantitative estimate of drug-likeness (QED) is 0.894. The number of carbonyl (C=O) groups excluding carboxylic acids is 1. The summed E-state index contributed by atoms with van der Waals surface area (Å²) in [6.45, 7) is 2.62. The molecule has 1 aromatic heterocycles. The number of carbonyl (C=O) groups is 1. The van der Waals surface area contributed by atoms with E-state index in [-0.39, 0.29) is 5.91 Å². The molecular weight excluding hydrogens is 348 g/mol. The monoisotopic (exact) mass is 376 g/mol. The number of nitriles is 1. The normalized spacial score (nSPS) is 28.1. The highest BCUT2D eigenvalue weighted by Gasteiger charge is 2.40. The molecule has 1 aliphatic carbocycles. The Labute approximate surface area is 166 Å².